The fourth-order valence-electron chi connectivity index (χ4n) is 3.59. The Hall–Kier alpha value is -2.86. The number of fused-ring (bicyclic) bond motifs is 3. The molecule has 3 aromatic rings. The van der Waals surface area contributed by atoms with Crippen molar-refractivity contribution in [2.75, 3.05) is 6.61 Å². The molecular weight excluding hydrogens is 377 g/mol. The topological polar surface area (TPSA) is 61.5 Å². The normalized spacial score (nSPS) is 16.0. The Morgan fingerprint density at radius 2 is 1.96 bits per heavy atom. The lowest BCUT2D eigenvalue weighted by atomic mass is 9.87. The van der Waals surface area contributed by atoms with E-state index >= 15 is 0 Å². The van der Waals surface area contributed by atoms with Crippen LogP contribution in [0.4, 0.5) is 4.39 Å². The number of rotatable bonds is 4. The first-order chi connectivity index (χ1) is 13.5. The summed E-state index contributed by atoms with van der Waals surface area (Å²) in [5.41, 5.74) is 8.41. The predicted octanol–water partition coefficient (Wildman–Crippen LogP) is 4.86. The Kier molecular flexibility index (Phi) is 4.81. The zero-order chi connectivity index (χ0) is 19.8. The minimum absolute atomic E-state index is 0.0295. The van der Waals surface area contributed by atoms with Crippen molar-refractivity contribution in [2.45, 2.75) is 26.2 Å². The molecule has 0 saturated heterocycles. The summed E-state index contributed by atoms with van der Waals surface area (Å²) >= 11 is 1.58. The van der Waals surface area contributed by atoms with Gasteiger partial charge in [0.05, 0.1) is 17.4 Å². The molecule has 0 saturated carbocycles. The highest BCUT2D eigenvalue weighted by Crippen LogP contribution is 2.51. The standard InChI is InChI=1S/C22H20FNO3S/c1-3-12-6-5-7-15-18-20(28-19(12)15)16(13-8-10-14(23)11-9-13)17(21(24)27-18)22(25)26-4-2/h5-11,16H,3-4,24H2,1-2H3. The van der Waals surface area contributed by atoms with Crippen molar-refractivity contribution in [3.63, 3.8) is 0 Å². The van der Waals surface area contributed by atoms with Crippen molar-refractivity contribution in [1.82, 2.24) is 0 Å². The molecule has 0 bridgehead atoms. The molecule has 0 aliphatic carbocycles. The van der Waals surface area contributed by atoms with Crippen molar-refractivity contribution in [3.05, 3.63) is 75.7 Å². The fourth-order valence-corrected chi connectivity index (χ4v) is 5.04. The Balaban J connectivity index is 1.97. The van der Waals surface area contributed by atoms with Gasteiger partial charge in [-0.15, -0.1) is 11.3 Å². The zero-order valence-corrected chi connectivity index (χ0v) is 16.4. The van der Waals surface area contributed by atoms with Gasteiger partial charge in [0.15, 0.2) is 5.75 Å². The summed E-state index contributed by atoms with van der Waals surface area (Å²) in [7, 11) is 0. The second kappa shape index (κ2) is 7.28. The van der Waals surface area contributed by atoms with Crippen LogP contribution in [0.5, 0.6) is 5.75 Å². The molecule has 4 nitrogen and oxygen atoms in total. The SMILES string of the molecule is CCOC(=O)C1=C(N)Oc2c(sc3c(CC)cccc23)C1c1ccc(F)cc1. The minimum Gasteiger partial charge on any atom is -0.462 e. The number of carbonyl (C=O) groups excluding carboxylic acids is 1. The van der Waals surface area contributed by atoms with Crippen LogP contribution in [0.2, 0.25) is 0 Å². The van der Waals surface area contributed by atoms with E-state index in [2.05, 4.69) is 13.0 Å². The quantitative estimate of drug-likeness (QED) is 0.639. The molecule has 1 aromatic heterocycles. The number of carbonyl (C=O) groups is 1. The van der Waals surface area contributed by atoms with Gasteiger partial charge in [-0.3, -0.25) is 0 Å². The Bertz CT molecular complexity index is 1090. The number of thiophene rings is 1. The summed E-state index contributed by atoms with van der Waals surface area (Å²) < 4.78 is 25.8. The Morgan fingerprint density at radius 3 is 2.64 bits per heavy atom. The Morgan fingerprint density at radius 1 is 1.21 bits per heavy atom. The number of hydrogen-bond donors (Lipinski definition) is 1. The van der Waals surface area contributed by atoms with Gasteiger partial charge in [-0.05, 0) is 42.7 Å². The maximum Gasteiger partial charge on any atom is 0.340 e. The summed E-state index contributed by atoms with van der Waals surface area (Å²) in [4.78, 5) is 13.6. The average molecular weight is 397 g/mol. The van der Waals surface area contributed by atoms with Gasteiger partial charge in [-0.1, -0.05) is 31.2 Å². The molecule has 4 rings (SSSR count). The van der Waals surface area contributed by atoms with Crippen molar-refractivity contribution in [3.8, 4) is 5.75 Å². The molecule has 1 atom stereocenters. The lowest BCUT2D eigenvalue weighted by molar-refractivity contribution is -0.139. The number of hydrogen-bond acceptors (Lipinski definition) is 5. The lowest BCUT2D eigenvalue weighted by Gasteiger charge is -2.26. The third-order valence-corrected chi connectivity index (χ3v) is 6.21. The Labute approximate surface area is 166 Å². The van der Waals surface area contributed by atoms with Gasteiger partial charge in [0.25, 0.3) is 0 Å². The van der Waals surface area contributed by atoms with E-state index in [1.54, 1.807) is 30.4 Å². The van der Waals surface area contributed by atoms with Crippen LogP contribution >= 0.6 is 11.3 Å². The van der Waals surface area contributed by atoms with E-state index in [4.69, 9.17) is 15.2 Å². The molecule has 2 heterocycles. The lowest BCUT2D eigenvalue weighted by Crippen LogP contribution is -2.26. The van der Waals surface area contributed by atoms with Gasteiger partial charge in [0, 0.05) is 10.1 Å². The molecule has 28 heavy (non-hydrogen) atoms. The molecule has 1 aliphatic heterocycles. The van der Waals surface area contributed by atoms with Crippen LogP contribution in [-0.2, 0) is 16.0 Å². The van der Waals surface area contributed by atoms with Crippen LogP contribution in [0.3, 0.4) is 0 Å². The molecule has 2 N–H and O–H groups in total. The van der Waals surface area contributed by atoms with Crippen molar-refractivity contribution < 1.29 is 18.7 Å². The smallest absolute Gasteiger partial charge is 0.340 e. The highest BCUT2D eigenvalue weighted by atomic mass is 32.1. The van der Waals surface area contributed by atoms with E-state index in [0.717, 1.165) is 26.9 Å². The number of benzene rings is 2. The second-order valence-corrected chi connectivity index (χ2v) is 7.58. The number of ether oxygens (including phenoxy) is 2. The van der Waals surface area contributed by atoms with Gasteiger partial charge in [-0.2, -0.15) is 0 Å². The average Bonchev–Trinajstić information content (AvgIpc) is 3.06. The van der Waals surface area contributed by atoms with Crippen LogP contribution in [0.1, 0.15) is 35.8 Å². The molecule has 2 aromatic carbocycles. The maximum atomic E-state index is 13.5. The molecule has 0 fully saturated rings. The molecule has 144 valence electrons. The monoisotopic (exact) mass is 397 g/mol. The molecule has 0 radical (unpaired) electrons. The third kappa shape index (κ3) is 2.94. The van der Waals surface area contributed by atoms with Crippen LogP contribution in [-0.4, -0.2) is 12.6 Å². The first-order valence-electron chi connectivity index (χ1n) is 9.19. The summed E-state index contributed by atoms with van der Waals surface area (Å²) in [6.45, 7) is 4.07. The van der Waals surface area contributed by atoms with Crippen LogP contribution in [0, 0.1) is 5.82 Å². The third-order valence-electron chi connectivity index (χ3n) is 4.88. The van der Waals surface area contributed by atoms with Crippen molar-refractivity contribution in [2.24, 2.45) is 5.73 Å². The minimum atomic E-state index is -0.520. The maximum absolute atomic E-state index is 13.5. The largest absolute Gasteiger partial charge is 0.462 e. The number of aryl methyl sites for hydroxylation is 1. The fraction of sp³-hybridized carbons (Fsp3) is 0.227. The molecule has 1 aliphatic rings. The van der Waals surface area contributed by atoms with Crippen molar-refractivity contribution in [1.29, 1.82) is 0 Å². The number of nitrogens with two attached hydrogens (primary N) is 1. The highest BCUT2D eigenvalue weighted by Gasteiger charge is 2.38. The van der Waals surface area contributed by atoms with Crippen molar-refractivity contribution >= 4 is 27.4 Å². The van der Waals surface area contributed by atoms with Gasteiger partial charge in [-0.25, -0.2) is 9.18 Å². The van der Waals surface area contributed by atoms with E-state index in [9.17, 15) is 9.18 Å². The van der Waals surface area contributed by atoms with E-state index in [1.165, 1.54) is 17.7 Å². The zero-order valence-electron chi connectivity index (χ0n) is 15.6. The highest BCUT2D eigenvalue weighted by molar-refractivity contribution is 7.19. The van der Waals surface area contributed by atoms with Gasteiger partial charge in [0.1, 0.15) is 11.4 Å². The molecule has 1 unspecified atom stereocenters. The van der Waals surface area contributed by atoms with Gasteiger partial charge < -0.3 is 15.2 Å². The van der Waals surface area contributed by atoms with Gasteiger partial charge in [0.2, 0.25) is 5.88 Å². The molecular formula is C22H20FNO3S. The predicted molar refractivity (Wildman–Crippen MR) is 108 cm³/mol. The summed E-state index contributed by atoms with van der Waals surface area (Å²) in [6, 6.07) is 12.2. The summed E-state index contributed by atoms with van der Waals surface area (Å²) in [5.74, 6) is -0.633. The van der Waals surface area contributed by atoms with E-state index in [1.807, 2.05) is 12.1 Å². The number of esters is 1. The van der Waals surface area contributed by atoms with Crippen LogP contribution < -0.4 is 10.5 Å². The van der Waals surface area contributed by atoms with E-state index in [0.29, 0.717) is 5.75 Å². The van der Waals surface area contributed by atoms with Crippen LogP contribution in [0.25, 0.3) is 10.1 Å². The first-order valence-corrected chi connectivity index (χ1v) is 10.0. The first kappa shape index (κ1) is 18.5. The molecule has 6 heteroatoms. The van der Waals surface area contributed by atoms with Crippen LogP contribution in [0.15, 0.2) is 53.9 Å². The van der Waals surface area contributed by atoms with E-state index in [-0.39, 0.29) is 23.9 Å². The van der Waals surface area contributed by atoms with E-state index < -0.39 is 11.9 Å². The number of halogens is 1. The summed E-state index contributed by atoms with van der Waals surface area (Å²) in [6.07, 6.45) is 0.881. The molecule has 0 spiro atoms. The second-order valence-electron chi connectivity index (χ2n) is 6.53. The van der Waals surface area contributed by atoms with Gasteiger partial charge >= 0.3 is 5.97 Å². The summed E-state index contributed by atoms with van der Waals surface area (Å²) in [5, 5.41) is 0.970. The molecule has 0 amide bonds.